The van der Waals surface area contributed by atoms with Crippen molar-refractivity contribution in [3.63, 3.8) is 0 Å². The number of rotatable bonds is 8. The number of likely N-dealkylation sites (tertiary alicyclic amines) is 1. The quantitative estimate of drug-likeness (QED) is 0.559. The van der Waals surface area contributed by atoms with Crippen LogP contribution in [0.2, 0.25) is 0 Å². The van der Waals surface area contributed by atoms with Crippen molar-refractivity contribution < 1.29 is 9.53 Å². The van der Waals surface area contributed by atoms with Crippen LogP contribution in [0.5, 0.6) is 5.75 Å². The molecule has 1 aliphatic heterocycles. The molecule has 2 heterocycles. The van der Waals surface area contributed by atoms with Gasteiger partial charge in [-0.15, -0.1) is 11.3 Å². The van der Waals surface area contributed by atoms with Gasteiger partial charge in [-0.2, -0.15) is 0 Å². The molecule has 0 saturated carbocycles. The topological polar surface area (TPSA) is 41.6 Å². The summed E-state index contributed by atoms with van der Waals surface area (Å²) in [5.74, 6) is 1.32. The molecule has 1 fully saturated rings. The molecule has 30 heavy (non-hydrogen) atoms. The minimum atomic E-state index is -0.00868. The van der Waals surface area contributed by atoms with Gasteiger partial charge in [-0.3, -0.25) is 9.69 Å². The molecule has 1 amide bonds. The fourth-order valence-corrected chi connectivity index (χ4v) is 4.50. The van der Waals surface area contributed by atoms with Gasteiger partial charge in [-0.05, 0) is 73.1 Å². The third kappa shape index (κ3) is 5.94. The zero-order valence-corrected chi connectivity index (χ0v) is 17.9. The average molecular weight is 421 g/mol. The third-order valence-electron chi connectivity index (χ3n) is 5.58. The first-order valence-corrected chi connectivity index (χ1v) is 11.4. The molecule has 1 aromatic heterocycles. The van der Waals surface area contributed by atoms with Gasteiger partial charge >= 0.3 is 0 Å². The summed E-state index contributed by atoms with van der Waals surface area (Å²) in [6, 6.07) is 21.8. The maximum Gasteiger partial charge on any atom is 0.251 e. The minimum Gasteiger partial charge on any atom is -0.489 e. The van der Waals surface area contributed by atoms with Gasteiger partial charge in [0, 0.05) is 23.5 Å². The molecule has 2 aromatic carbocycles. The number of hydrogen-bond donors (Lipinski definition) is 1. The largest absolute Gasteiger partial charge is 0.489 e. The van der Waals surface area contributed by atoms with E-state index < -0.39 is 0 Å². The monoisotopic (exact) mass is 420 g/mol. The van der Waals surface area contributed by atoms with Crippen LogP contribution in [-0.4, -0.2) is 30.4 Å². The van der Waals surface area contributed by atoms with Gasteiger partial charge in [0.05, 0.1) is 0 Å². The van der Waals surface area contributed by atoms with E-state index >= 15 is 0 Å². The molecule has 4 rings (SSSR count). The second-order valence-corrected chi connectivity index (χ2v) is 8.84. The highest BCUT2D eigenvalue weighted by Crippen LogP contribution is 2.20. The standard InChI is InChI=1S/C25H28N2O2S/c28-25(22-8-10-23(11-9-22)29-19-21-5-2-1-3-6-21)26-17-20-12-14-27(15-13-20)18-24-7-4-16-30-24/h1-11,16,20H,12-15,17-19H2,(H,26,28). The lowest BCUT2D eigenvalue weighted by molar-refractivity contribution is 0.0935. The van der Waals surface area contributed by atoms with E-state index in [0.29, 0.717) is 18.1 Å². The van der Waals surface area contributed by atoms with Gasteiger partial charge in [0.25, 0.3) is 5.91 Å². The SMILES string of the molecule is O=C(NCC1CCN(Cc2cccs2)CC1)c1ccc(OCc2ccccc2)cc1. The molecule has 156 valence electrons. The Kier molecular flexibility index (Phi) is 7.16. The van der Waals surface area contributed by atoms with Gasteiger partial charge in [0.15, 0.2) is 0 Å². The minimum absolute atomic E-state index is 0.00868. The molecule has 0 aliphatic carbocycles. The lowest BCUT2D eigenvalue weighted by Crippen LogP contribution is -2.38. The van der Waals surface area contributed by atoms with Crippen molar-refractivity contribution in [2.45, 2.75) is 26.0 Å². The van der Waals surface area contributed by atoms with E-state index in [0.717, 1.165) is 50.3 Å². The average Bonchev–Trinajstić information content (AvgIpc) is 3.31. The van der Waals surface area contributed by atoms with E-state index in [2.05, 4.69) is 27.7 Å². The summed E-state index contributed by atoms with van der Waals surface area (Å²) in [7, 11) is 0. The van der Waals surface area contributed by atoms with Crippen LogP contribution in [0.1, 0.15) is 33.6 Å². The zero-order valence-electron chi connectivity index (χ0n) is 17.1. The molecule has 0 radical (unpaired) electrons. The van der Waals surface area contributed by atoms with Crippen molar-refractivity contribution in [1.82, 2.24) is 10.2 Å². The van der Waals surface area contributed by atoms with E-state index in [9.17, 15) is 4.79 Å². The van der Waals surface area contributed by atoms with Crippen molar-refractivity contribution >= 4 is 17.2 Å². The Morgan fingerprint density at radius 2 is 1.77 bits per heavy atom. The number of amides is 1. The number of nitrogens with zero attached hydrogens (tertiary/aromatic N) is 1. The van der Waals surface area contributed by atoms with E-state index in [1.54, 1.807) is 0 Å². The summed E-state index contributed by atoms with van der Waals surface area (Å²) in [6.07, 6.45) is 2.27. The normalized spacial score (nSPS) is 15.1. The van der Waals surface area contributed by atoms with Crippen molar-refractivity contribution in [1.29, 1.82) is 0 Å². The van der Waals surface area contributed by atoms with E-state index in [1.165, 1.54) is 4.88 Å². The first-order valence-electron chi connectivity index (χ1n) is 10.6. The summed E-state index contributed by atoms with van der Waals surface area (Å²) in [4.78, 5) is 16.4. The summed E-state index contributed by atoms with van der Waals surface area (Å²) in [5, 5.41) is 5.25. The van der Waals surface area contributed by atoms with Gasteiger partial charge in [0.2, 0.25) is 0 Å². The highest BCUT2D eigenvalue weighted by Gasteiger charge is 2.20. The van der Waals surface area contributed by atoms with Crippen molar-refractivity contribution in [2.24, 2.45) is 5.92 Å². The Labute approximate surface area is 182 Å². The number of piperidine rings is 1. The van der Waals surface area contributed by atoms with Gasteiger partial charge < -0.3 is 10.1 Å². The molecule has 0 unspecified atom stereocenters. The molecule has 5 heteroatoms. The fraction of sp³-hybridized carbons (Fsp3) is 0.320. The van der Waals surface area contributed by atoms with Crippen LogP contribution in [0.15, 0.2) is 72.1 Å². The van der Waals surface area contributed by atoms with Crippen molar-refractivity contribution in [3.8, 4) is 5.75 Å². The molecule has 3 aromatic rings. The Morgan fingerprint density at radius 1 is 1.00 bits per heavy atom. The number of thiophene rings is 1. The molecular weight excluding hydrogens is 392 g/mol. The molecule has 1 saturated heterocycles. The molecule has 1 aliphatic rings. The van der Waals surface area contributed by atoms with Crippen molar-refractivity contribution in [3.05, 3.63) is 88.1 Å². The summed E-state index contributed by atoms with van der Waals surface area (Å²) in [6.45, 7) is 4.53. The number of carbonyl (C=O) groups is 1. The van der Waals surface area contributed by atoms with E-state index in [-0.39, 0.29) is 5.91 Å². The first-order chi connectivity index (χ1) is 14.8. The van der Waals surface area contributed by atoms with E-state index in [4.69, 9.17) is 4.74 Å². The molecule has 0 spiro atoms. The lowest BCUT2D eigenvalue weighted by Gasteiger charge is -2.31. The van der Waals surface area contributed by atoms with Crippen LogP contribution in [0.4, 0.5) is 0 Å². The Hall–Kier alpha value is -2.63. The van der Waals surface area contributed by atoms with Crippen LogP contribution in [0.25, 0.3) is 0 Å². The third-order valence-corrected chi connectivity index (χ3v) is 6.44. The second kappa shape index (κ2) is 10.4. The maximum atomic E-state index is 12.5. The highest BCUT2D eigenvalue weighted by atomic mass is 32.1. The molecule has 0 bridgehead atoms. The Morgan fingerprint density at radius 3 is 2.47 bits per heavy atom. The Balaban J connectivity index is 1.18. The zero-order chi connectivity index (χ0) is 20.6. The van der Waals surface area contributed by atoms with Crippen LogP contribution in [0.3, 0.4) is 0 Å². The maximum absolute atomic E-state index is 12.5. The first kappa shape index (κ1) is 20.6. The predicted molar refractivity (Wildman–Crippen MR) is 122 cm³/mol. The van der Waals surface area contributed by atoms with Crippen LogP contribution >= 0.6 is 11.3 Å². The van der Waals surface area contributed by atoms with Crippen LogP contribution in [0, 0.1) is 5.92 Å². The van der Waals surface area contributed by atoms with Crippen LogP contribution < -0.4 is 10.1 Å². The van der Waals surface area contributed by atoms with Crippen LogP contribution in [-0.2, 0) is 13.2 Å². The van der Waals surface area contributed by atoms with E-state index in [1.807, 2.05) is 65.9 Å². The molecule has 0 atom stereocenters. The van der Waals surface area contributed by atoms with Gasteiger partial charge in [-0.25, -0.2) is 0 Å². The van der Waals surface area contributed by atoms with Gasteiger partial charge in [0.1, 0.15) is 12.4 Å². The number of hydrogen-bond acceptors (Lipinski definition) is 4. The number of ether oxygens (including phenoxy) is 1. The number of nitrogens with one attached hydrogen (secondary N) is 1. The summed E-state index contributed by atoms with van der Waals surface area (Å²) < 4.78 is 5.79. The van der Waals surface area contributed by atoms with Gasteiger partial charge in [-0.1, -0.05) is 36.4 Å². The lowest BCUT2D eigenvalue weighted by atomic mass is 9.96. The second-order valence-electron chi connectivity index (χ2n) is 7.81. The highest BCUT2D eigenvalue weighted by molar-refractivity contribution is 7.09. The molecular formula is C25H28N2O2S. The Bertz CT molecular complexity index is 902. The molecule has 1 N–H and O–H groups in total. The van der Waals surface area contributed by atoms with Crippen molar-refractivity contribution in [2.75, 3.05) is 19.6 Å². The smallest absolute Gasteiger partial charge is 0.251 e. The fourth-order valence-electron chi connectivity index (χ4n) is 3.75. The summed E-state index contributed by atoms with van der Waals surface area (Å²) >= 11 is 1.82. The molecule has 4 nitrogen and oxygen atoms in total. The number of carbonyl (C=O) groups excluding carboxylic acids is 1. The number of benzene rings is 2. The summed E-state index contributed by atoms with van der Waals surface area (Å²) in [5.41, 5.74) is 1.80. The predicted octanol–water partition coefficient (Wildman–Crippen LogP) is 4.97.